The molecule has 3 aromatic carbocycles. The standard InChI is InChI=1S/C24H22N4O2/c1-18-23(26-27-28(18)16-19-8-4-2-5-9-19)24(29)25-21-12-14-22(15-13-21)30-17-20-10-6-3-7-11-20/h2-15H,16-17H2,1H3,(H,25,29). The van der Waals surface area contributed by atoms with Crippen LogP contribution in [0.3, 0.4) is 0 Å². The molecule has 150 valence electrons. The van der Waals surface area contributed by atoms with E-state index in [4.69, 9.17) is 4.74 Å². The number of rotatable bonds is 7. The first-order chi connectivity index (χ1) is 14.7. The van der Waals surface area contributed by atoms with Crippen LogP contribution in [-0.4, -0.2) is 20.9 Å². The van der Waals surface area contributed by atoms with Crippen LogP contribution in [0.4, 0.5) is 5.69 Å². The van der Waals surface area contributed by atoms with Crippen molar-refractivity contribution in [2.45, 2.75) is 20.1 Å². The van der Waals surface area contributed by atoms with Crippen LogP contribution in [0.15, 0.2) is 84.9 Å². The molecule has 30 heavy (non-hydrogen) atoms. The molecule has 6 heteroatoms. The molecule has 1 N–H and O–H groups in total. The largest absolute Gasteiger partial charge is 0.489 e. The van der Waals surface area contributed by atoms with Crippen molar-refractivity contribution >= 4 is 11.6 Å². The van der Waals surface area contributed by atoms with Gasteiger partial charge in [-0.05, 0) is 42.3 Å². The fourth-order valence-corrected chi connectivity index (χ4v) is 3.04. The predicted octanol–water partition coefficient (Wildman–Crippen LogP) is 4.47. The highest BCUT2D eigenvalue weighted by Crippen LogP contribution is 2.18. The fraction of sp³-hybridized carbons (Fsp3) is 0.125. The van der Waals surface area contributed by atoms with Gasteiger partial charge >= 0.3 is 0 Å². The minimum Gasteiger partial charge on any atom is -0.489 e. The SMILES string of the molecule is Cc1c(C(=O)Nc2ccc(OCc3ccccc3)cc2)nnn1Cc1ccccc1. The molecule has 6 nitrogen and oxygen atoms in total. The second-order valence-corrected chi connectivity index (χ2v) is 6.92. The van der Waals surface area contributed by atoms with Crippen molar-refractivity contribution < 1.29 is 9.53 Å². The lowest BCUT2D eigenvalue weighted by molar-refractivity contribution is 0.102. The summed E-state index contributed by atoms with van der Waals surface area (Å²) in [6.07, 6.45) is 0. The van der Waals surface area contributed by atoms with Gasteiger partial charge in [-0.1, -0.05) is 65.9 Å². The van der Waals surface area contributed by atoms with E-state index in [1.54, 1.807) is 4.68 Å². The van der Waals surface area contributed by atoms with E-state index in [1.165, 1.54) is 0 Å². The van der Waals surface area contributed by atoms with Gasteiger partial charge < -0.3 is 10.1 Å². The van der Waals surface area contributed by atoms with E-state index in [9.17, 15) is 4.79 Å². The third-order valence-electron chi connectivity index (χ3n) is 4.73. The number of hydrogen-bond acceptors (Lipinski definition) is 4. The molecule has 0 aliphatic carbocycles. The van der Waals surface area contributed by atoms with Crippen molar-refractivity contribution in [2.75, 3.05) is 5.32 Å². The van der Waals surface area contributed by atoms with Crippen LogP contribution in [0.2, 0.25) is 0 Å². The molecule has 1 heterocycles. The zero-order chi connectivity index (χ0) is 20.8. The summed E-state index contributed by atoms with van der Waals surface area (Å²) in [4.78, 5) is 12.6. The number of aromatic nitrogens is 3. The molecule has 4 aromatic rings. The van der Waals surface area contributed by atoms with Gasteiger partial charge in [-0.15, -0.1) is 5.10 Å². The van der Waals surface area contributed by atoms with E-state index in [-0.39, 0.29) is 5.91 Å². The Kier molecular flexibility index (Phi) is 5.85. The normalized spacial score (nSPS) is 10.6. The molecule has 0 spiro atoms. The fourth-order valence-electron chi connectivity index (χ4n) is 3.04. The maximum Gasteiger partial charge on any atom is 0.278 e. The second-order valence-electron chi connectivity index (χ2n) is 6.92. The number of carbonyl (C=O) groups is 1. The number of ether oxygens (including phenoxy) is 1. The highest BCUT2D eigenvalue weighted by Gasteiger charge is 2.16. The summed E-state index contributed by atoms with van der Waals surface area (Å²) in [6.45, 7) is 2.91. The minimum absolute atomic E-state index is 0.287. The predicted molar refractivity (Wildman–Crippen MR) is 115 cm³/mol. The summed E-state index contributed by atoms with van der Waals surface area (Å²) in [5.41, 5.74) is 3.91. The average molecular weight is 398 g/mol. The van der Waals surface area contributed by atoms with Gasteiger partial charge in [0.25, 0.3) is 5.91 Å². The van der Waals surface area contributed by atoms with E-state index in [0.717, 1.165) is 22.6 Å². The smallest absolute Gasteiger partial charge is 0.278 e. The summed E-state index contributed by atoms with van der Waals surface area (Å²) in [5, 5.41) is 11.1. The Labute approximate surface area is 175 Å². The number of amides is 1. The van der Waals surface area contributed by atoms with Gasteiger partial charge in [0.05, 0.1) is 12.2 Å². The van der Waals surface area contributed by atoms with Gasteiger partial charge in [0.15, 0.2) is 5.69 Å². The monoisotopic (exact) mass is 398 g/mol. The van der Waals surface area contributed by atoms with Crippen molar-refractivity contribution in [1.82, 2.24) is 15.0 Å². The molecular weight excluding hydrogens is 376 g/mol. The molecule has 0 radical (unpaired) electrons. The number of benzene rings is 3. The Balaban J connectivity index is 1.37. The van der Waals surface area contributed by atoms with Crippen LogP contribution >= 0.6 is 0 Å². The van der Waals surface area contributed by atoms with Crippen LogP contribution in [0.5, 0.6) is 5.75 Å². The lowest BCUT2D eigenvalue weighted by Gasteiger charge is -2.08. The van der Waals surface area contributed by atoms with Crippen LogP contribution in [-0.2, 0) is 13.2 Å². The van der Waals surface area contributed by atoms with Crippen LogP contribution in [0.1, 0.15) is 27.3 Å². The first kappa shape index (κ1) is 19.4. The van der Waals surface area contributed by atoms with Crippen LogP contribution in [0.25, 0.3) is 0 Å². The molecule has 0 aliphatic heterocycles. The van der Waals surface area contributed by atoms with E-state index in [0.29, 0.717) is 24.5 Å². The molecule has 0 saturated heterocycles. The number of hydrogen-bond donors (Lipinski definition) is 1. The van der Waals surface area contributed by atoms with E-state index >= 15 is 0 Å². The first-order valence-electron chi connectivity index (χ1n) is 9.71. The molecule has 1 amide bonds. The highest BCUT2D eigenvalue weighted by molar-refractivity contribution is 6.03. The Morgan fingerprint density at radius 2 is 1.53 bits per heavy atom. The van der Waals surface area contributed by atoms with Crippen molar-refractivity contribution in [3.05, 3.63) is 107 Å². The van der Waals surface area contributed by atoms with Gasteiger partial charge in [-0.3, -0.25) is 4.79 Å². The second kappa shape index (κ2) is 9.05. The van der Waals surface area contributed by atoms with Gasteiger partial charge in [-0.2, -0.15) is 0 Å². The number of nitrogens with zero attached hydrogens (tertiary/aromatic N) is 3. The van der Waals surface area contributed by atoms with E-state index < -0.39 is 0 Å². The van der Waals surface area contributed by atoms with Gasteiger partial charge in [-0.25, -0.2) is 4.68 Å². The highest BCUT2D eigenvalue weighted by atomic mass is 16.5. The van der Waals surface area contributed by atoms with Crippen molar-refractivity contribution in [3.8, 4) is 5.75 Å². The number of anilines is 1. The first-order valence-corrected chi connectivity index (χ1v) is 9.71. The quantitative estimate of drug-likeness (QED) is 0.499. The van der Waals surface area contributed by atoms with Crippen molar-refractivity contribution in [3.63, 3.8) is 0 Å². The third-order valence-corrected chi connectivity index (χ3v) is 4.73. The Morgan fingerprint density at radius 3 is 2.20 bits per heavy atom. The van der Waals surface area contributed by atoms with E-state index in [2.05, 4.69) is 15.6 Å². The summed E-state index contributed by atoms with van der Waals surface area (Å²) in [6, 6.07) is 27.2. The molecule has 0 atom stereocenters. The van der Waals surface area contributed by atoms with Crippen LogP contribution < -0.4 is 10.1 Å². The molecular formula is C24H22N4O2. The zero-order valence-electron chi connectivity index (χ0n) is 16.7. The molecule has 1 aromatic heterocycles. The maximum absolute atomic E-state index is 12.6. The van der Waals surface area contributed by atoms with Crippen LogP contribution in [0, 0.1) is 6.92 Å². The zero-order valence-corrected chi connectivity index (χ0v) is 16.7. The molecule has 0 bridgehead atoms. The number of nitrogens with one attached hydrogen (secondary N) is 1. The Bertz CT molecular complexity index is 1110. The molecule has 0 unspecified atom stereocenters. The minimum atomic E-state index is -0.287. The molecule has 0 saturated carbocycles. The Morgan fingerprint density at radius 1 is 0.900 bits per heavy atom. The van der Waals surface area contributed by atoms with Gasteiger partial charge in [0.1, 0.15) is 12.4 Å². The number of carbonyl (C=O) groups excluding carboxylic acids is 1. The molecule has 4 rings (SSSR count). The van der Waals surface area contributed by atoms with Gasteiger partial charge in [0.2, 0.25) is 0 Å². The third kappa shape index (κ3) is 4.72. The summed E-state index contributed by atoms with van der Waals surface area (Å²) in [5.74, 6) is 0.451. The topological polar surface area (TPSA) is 69.0 Å². The maximum atomic E-state index is 12.6. The average Bonchev–Trinajstić information content (AvgIpc) is 3.15. The molecule has 0 fully saturated rings. The Hall–Kier alpha value is -3.93. The lowest BCUT2D eigenvalue weighted by Crippen LogP contribution is -2.14. The summed E-state index contributed by atoms with van der Waals surface area (Å²) in [7, 11) is 0. The van der Waals surface area contributed by atoms with Crippen molar-refractivity contribution in [2.24, 2.45) is 0 Å². The lowest BCUT2D eigenvalue weighted by atomic mass is 10.2. The van der Waals surface area contributed by atoms with Gasteiger partial charge in [0, 0.05) is 5.69 Å². The molecule has 0 aliphatic rings. The summed E-state index contributed by atoms with van der Waals surface area (Å²) < 4.78 is 7.50. The van der Waals surface area contributed by atoms with E-state index in [1.807, 2.05) is 91.9 Å². The summed E-state index contributed by atoms with van der Waals surface area (Å²) >= 11 is 0. The van der Waals surface area contributed by atoms with Crippen molar-refractivity contribution in [1.29, 1.82) is 0 Å².